The third-order valence-corrected chi connectivity index (χ3v) is 4.99. The van der Waals surface area contributed by atoms with Gasteiger partial charge in [-0.05, 0) is 56.2 Å². The molecule has 0 radical (unpaired) electrons. The van der Waals surface area contributed by atoms with Crippen LogP contribution in [0.15, 0.2) is 18.2 Å². The summed E-state index contributed by atoms with van der Waals surface area (Å²) in [6, 6.07) is 5.42. The van der Waals surface area contributed by atoms with E-state index >= 15 is 0 Å². The number of halogens is 1. The Morgan fingerprint density at radius 3 is 2.90 bits per heavy atom. The molecule has 2 atom stereocenters. The molecule has 3 rings (SSSR count). The molecule has 4 heteroatoms. The molecule has 0 amide bonds. The minimum atomic E-state index is -0.537. The molecule has 1 saturated heterocycles. The van der Waals surface area contributed by atoms with E-state index in [-0.39, 0.29) is 11.5 Å². The molecule has 3 nitrogen and oxygen atoms in total. The van der Waals surface area contributed by atoms with Crippen molar-refractivity contribution in [2.75, 3.05) is 13.7 Å². The Morgan fingerprint density at radius 2 is 2.25 bits per heavy atom. The summed E-state index contributed by atoms with van der Waals surface area (Å²) < 4.78 is 11.3. The molecule has 1 N–H and O–H groups in total. The van der Waals surface area contributed by atoms with Gasteiger partial charge in [-0.3, -0.25) is 0 Å². The molecule has 1 aliphatic carbocycles. The van der Waals surface area contributed by atoms with Crippen molar-refractivity contribution >= 4 is 11.6 Å². The largest absolute Gasteiger partial charge is 0.496 e. The number of methoxy groups -OCH3 is 1. The highest BCUT2D eigenvalue weighted by Crippen LogP contribution is 2.48. The lowest BCUT2D eigenvalue weighted by Gasteiger charge is -2.48. The second-order valence-corrected chi connectivity index (χ2v) is 6.41. The molecule has 1 aliphatic heterocycles. The molecule has 1 aromatic carbocycles. The van der Waals surface area contributed by atoms with Gasteiger partial charge in [0.25, 0.3) is 0 Å². The molecule has 2 fully saturated rings. The Morgan fingerprint density at radius 1 is 1.45 bits per heavy atom. The van der Waals surface area contributed by atoms with Crippen molar-refractivity contribution in [3.05, 3.63) is 28.8 Å². The van der Waals surface area contributed by atoms with Crippen LogP contribution < -0.4 is 4.74 Å². The normalized spacial score (nSPS) is 26.1. The molecule has 2 unspecified atom stereocenters. The zero-order chi connectivity index (χ0) is 14.2. The number of ether oxygens (including phenoxy) is 2. The maximum absolute atomic E-state index is 10.7. The molecule has 1 heterocycles. The van der Waals surface area contributed by atoms with Crippen LogP contribution in [-0.2, 0) is 4.74 Å². The Balaban J connectivity index is 1.81. The molecular formula is C16H21ClO3. The van der Waals surface area contributed by atoms with Crippen LogP contribution in [-0.4, -0.2) is 24.4 Å². The van der Waals surface area contributed by atoms with Gasteiger partial charge in [0.2, 0.25) is 0 Å². The fraction of sp³-hybridized carbons (Fsp3) is 0.625. The third-order valence-electron chi connectivity index (χ3n) is 4.75. The molecular weight excluding hydrogens is 276 g/mol. The number of rotatable bonds is 3. The Labute approximate surface area is 124 Å². The molecule has 20 heavy (non-hydrogen) atoms. The van der Waals surface area contributed by atoms with Gasteiger partial charge in [0.15, 0.2) is 0 Å². The highest BCUT2D eigenvalue weighted by atomic mass is 35.5. The molecule has 1 spiro atoms. The van der Waals surface area contributed by atoms with E-state index in [1.54, 1.807) is 13.2 Å². The van der Waals surface area contributed by atoms with Crippen LogP contribution in [0.4, 0.5) is 0 Å². The Kier molecular flexibility index (Phi) is 3.93. The first kappa shape index (κ1) is 14.2. The van der Waals surface area contributed by atoms with E-state index in [1.165, 1.54) is 6.42 Å². The van der Waals surface area contributed by atoms with Crippen molar-refractivity contribution in [3.8, 4) is 5.75 Å². The van der Waals surface area contributed by atoms with Gasteiger partial charge in [-0.25, -0.2) is 0 Å². The van der Waals surface area contributed by atoms with Crippen LogP contribution in [0.1, 0.15) is 43.8 Å². The molecule has 0 bridgehead atoms. The lowest BCUT2D eigenvalue weighted by Crippen LogP contribution is -2.46. The van der Waals surface area contributed by atoms with Gasteiger partial charge in [-0.2, -0.15) is 0 Å². The molecule has 0 aromatic heterocycles. The van der Waals surface area contributed by atoms with Crippen LogP contribution in [0.25, 0.3) is 0 Å². The van der Waals surface area contributed by atoms with Crippen LogP contribution >= 0.6 is 11.6 Å². The lowest BCUT2D eigenvalue weighted by atomic mass is 9.70. The van der Waals surface area contributed by atoms with Crippen molar-refractivity contribution in [2.45, 2.75) is 43.8 Å². The topological polar surface area (TPSA) is 38.7 Å². The third kappa shape index (κ3) is 2.54. The fourth-order valence-electron chi connectivity index (χ4n) is 3.44. The Bertz CT molecular complexity index is 485. The van der Waals surface area contributed by atoms with Gasteiger partial charge in [-0.1, -0.05) is 11.6 Å². The lowest BCUT2D eigenvalue weighted by molar-refractivity contribution is -0.157. The number of hydrogen-bond acceptors (Lipinski definition) is 3. The SMILES string of the molecule is COc1ccc(Cl)cc1C(O)C1CCOC2(CCC2)C1. The Hall–Kier alpha value is -0.770. The smallest absolute Gasteiger partial charge is 0.124 e. The number of benzene rings is 1. The van der Waals surface area contributed by atoms with Crippen LogP contribution in [0, 0.1) is 5.92 Å². The maximum atomic E-state index is 10.7. The first-order valence-electron chi connectivity index (χ1n) is 7.29. The van der Waals surface area contributed by atoms with E-state index < -0.39 is 6.10 Å². The molecule has 110 valence electrons. The van der Waals surface area contributed by atoms with Gasteiger partial charge in [0.1, 0.15) is 5.75 Å². The summed E-state index contributed by atoms with van der Waals surface area (Å²) in [5.41, 5.74) is 0.830. The number of aliphatic hydroxyl groups is 1. The van der Waals surface area contributed by atoms with E-state index in [2.05, 4.69) is 0 Å². The zero-order valence-corrected chi connectivity index (χ0v) is 12.5. The van der Waals surface area contributed by atoms with Gasteiger partial charge < -0.3 is 14.6 Å². The van der Waals surface area contributed by atoms with Crippen LogP contribution in [0.3, 0.4) is 0 Å². The minimum absolute atomic E-state index is 0.0374. The summed E-state index contributed by atoms with van der Waals surface area (Å²) in [6.45, 7) is 0.741. The molecule has 2 aliphatic rings. The van der Waals surface area contributed by atoms with Crippen molar-refractivity contribution < 1.29 is 14.6 Å². The first-order chi connectivity index (χ1) is 9.63. The maximum Gasteiger partial charge on any atom is 0.124 e. The quantitative estimate of drug-likeness (QED) is 0.923. The van der Waals surface area contributed by atoms with Crippen LogP contribution in [0.2, 0.25) is 5.02 Å². The summed E-state index contributed by atoms with van der Waals surface area (Å²) in [5.74, 6) is 0.924. The number of hydrogen-bond donors (Lipinski definition) is 1. The minimum Gasteiger partial charge on any atom is -0.496 e. The summed E-state index contributed by atoms with van der Waals surface area (Å²) in [6.07, 6.45) is 4.78. The van der Waals surface area contributed by atoms with Crippen molar-refractivity contribution in [1.29, 1.82) is 0 Å². The average Bonchev–Trinajstić information content (AvgIpc) is 2.45. The fourth-order valence-corrected chi connectivity index (χ4v) is 3.63. The van der Waals surface area contributed by atoms with Crippen molar-refractivity contribution in [1.82, 2.24) is 0 Å². The molecule has 1 saturated carbocycles. The van der Waals surface area contributed by atoms with E-state index in [1.807, 2.05) is 12.1 Å². The summed E-state index contributed by atoms with van der Waals surface area (Å²) in [7, 11) is 1.62. The van der Waals surface area contributed by atoms with Gasteiger partial charge >= 0.3 is 0 Å². The summed E-state index contributed by atoms with van der Waals surface area (Å²) >= 11 is 6.06. The number of aliphatic hydroxyl groups excluding tert-OH is 1. The van der Waals surface area contributed by atoms with Gasteiger partial charge in [0.05, 0.1) is 18.8 Å². The van der Waals surface area contributed by atoms with Crippen molar-refractivity contribution in [2.24, 2.45) is 5.92 Å². The second kappa shape index (κ2) is 5.55. The predicted octanol–water partition coefficient (Wildman–Crippen LogP) is 3.73. The van der Waals surface area contributed by atoms with Crippen molar-refractivity contribution in [3.63, 3.8) is 0 Å². The highest BCUT2D eigenvalue weighted by molar-refractivity contribution is 6.30. The van der Waals surface area contributed by atoms with E-state index in [4.69, 9.17) is 21.1 Å². The first-order valence-corrected chi connectivity index (χ1v) is 7.67. The van der Waals surface area contributed by atoms with Gasteiger partial charge in [0, 0.05) is 17.2 Å². The van der Waals surface area contributed by atoms with Crippen LogP contribution in [0.5, 0.6) is 5.75 Å². The van der Waals surface area contributed by atoms with E-state index in [0.29, 0.717) is 10.8 Å². The monoisotopic (exact) mass is 296 g/mol. The second-order valence-electron chi connectivity index (χ2n) is 5.97. The predicted molar refractivity (Wildman–Crippen MR) is 78.2 cm³/mol. The highest BCUT2D eigenvalue weighted by Gasteiger charge is 2.44. The molecule has 1 aromatic rings. The summed E-state index contributed by atoms with van der Waals surface area (Å²) in [5, 5.41) is 11.4. The summed E-state index contributed by atoms with van der Waals surface area (Å²) in [4.78, 5) is 0. The van der Waals surface area contributed by atoms with Gasteiger partial charge in [-0.15, -0.1) is 0 Å². The zero-order valence-electron chi connectivity index (χ0n) is 11.8. The van der Waals surface area contributed by atoms with E-state index in [0.717, 1.165) is 37.9 Å². The average molecular weight is 297 g/mol. The standard InChI is InChI=1S/C16H21ClO3/c1-19-14-4-3-12(17)9-13(14)15(18)11-5-8-20-16(10-11)6-2-7-16/h3-4,9,11,15,18H,2,5-8,10H2,1H3. The van der Waals surface area contributed by atoms with E-state index in [9.17, 15) is 5.11 Å².